The third-order valence-electron chi connectivity index (χ3n) is 3.26. The van der Waals surface area contributed by atoms with Crippen molar-refractivity contribution in [3.63, 3.8) is 0 Å². The van der Waals surface area contributed by atoms with Gasteiger partial charge in [-0.2, -0.15) is 0 Å². The zero-order valence-electron chi connectivity index (χ0n) is 10.3. The van der Waals surface area contributed by atoms with E-state index in [9.17, 15) is 4.21 Å². The minimum atomic E-state index is -0.621. The molecule has 0 spiro atoms. The lowest BCUT2D eigenvalue weighted by atomic mass is 9.87. The summed E-state index contributed by atoms with van der Waals surface area (Å²) in [6, 6.07) is 0.499. The normalized spacial score (nSPS) is 33.9. The Morgan fingerprint density at radius 3 is 2.67 bits per heavy atom. The summed E-state index contributed by atoms with van der Waals surface area (Å²) in [5, 5.41) is 3.90. The van der Waals surface area contributed by atoms with Crippen LogP contribution in [-0.4, -0.2) is 27.8 Å². The van der Waals surface area contributed by atoms with Crippen molar-refractivity contribution in [3.8, 4) is 0 Å². The highest BCUT2D eigenvalue weighted by atomic mass is 32.2. The van der Waals surface area contributed by atoms with Gasteiger partial charge in [0.25, 0.3) is 0 Å². The number of rotatable bonds is 5. The fraction of sp³-hybridized carbons (Fsp3) is 1.00. The van der Waals surface area contributed by atoms with Gasteiger partial charge >= 0.3 is 0 Å². The standard InChI is InChI=1S/C12H25NOS/c1-4-8-15(14)12-9-10(3)6-7-11(12)13-5-2/h10-13H,4-9H2,1-3H3. The molecule has 0 aromatic rings. The van der Waals surface area contributed by atoms with Crippen molar-refractivity contribution < 1.29 is 4.21 Å². The molecule has 0 heterocycles. The van der Waals surface area contributed by atoms with Crippen molar-refractivity contribution in [2.24, 2.45) is 5.92 Å². The third kappa shape index (κ3) is 3.87. The first-order chi connectivity index (χ1) is 7.19. The van der Waals surface area contributed by atoms with E-state index >= 15 is 0 Å². The first-order valence-corrected chi connectivity index (χ1v) is 7.67. The molecular weight excluding hydrogens is 206 g/mol. The van der Waals surface area contributed by atoms with Crippen molar-refractivity contribution >= 4 is 10.8 Å². The molecule has 1 N–H and O–H groups in total. The molecule has 0 aromatic heterocycles. The lowest BCUT2D eigenvalue weighted by Gasteiger charge is -2.34. The molecule has 0 radical (unpaired) electrons. The number of hydrogen-bond acceptors (Lipinski definition) is 2. The van der Waals surface area contributed by atoms with Crippen LogP contribution in [0.1, 0.15) is 46.5 Å². The Morgan fingerprint density at radius 2 is 2.07 bits per heavy atom. The molecule has 2 nitrogen and oxygen atoms in total. The Morgan fingerprint density at radius 1 is 1.33 bits per heavy atom. The van der Waals surface area contributed by atoms with Gasteiger partial charge in [-0.25, -0.2) is 0 Å². The monoisotopic (exact) mass is 231 g/mol. The predicted molar refractivity (Wildman–Crippen MR) is 67.6 cm³/mol. The van der Waals surface area contributed by atoms with Crippen LogP contribution in [0, 0.1) is 5.92 Å². The quantitative estimate of drug-likeness (QED) is 0.787. The Hall–Kier alpha value is 0.110. The maximum Gasteiger partial charge on any atom is 0.0503 e. The second-order valence-electron chi connectivity index (χ2n) is 4.71. The average molecular weight is 231 g/mol. The molecule has 4 unspecified atom stereocenters. The van der Waals surface area contributed by atoms with Crippen LogP contribution < -0.4 is 5.32 Å². The van der Waals surface area contributed by atoms with Gasteiger partial charge in [0.05, 0.1) is 5.25 Å². The fourth-order valence-corrected chi connectivity index (χ4v) is 4.31. The van der Waals surface area contributed by atoms with Gasteiger partial charge < -0.3 is 5.32 Å². The molecule has 1 fully saturated rings. The molecule has 90 valence electrons. The van der Waals surface area contributed by atoms with E-state index < -0.39 is 10.8 Å². The van der Waals surface area contributed by atoms with E-state index in [2.05, 4.69) is 26.1 Å². The Labute approximate surface area is 96.7 Å². The summed E-state index contributed by atoms with van der Waals surface area (Å²) in [5.74, 6) is 1.63. The Bertz CT molecular complexity index is 208. The van der Waals surface area contributed by atoms with Crippen LogP contribution in [0.3, 0.4) is 0 Å². The lowest BCUT2D eigenvalue weighted by molar-refractivity contribution is 0.316. The van der Waals surface area contributed by atoms with Crippen LogP contribution in [0.4, 0.5) is 0 Å². The largest absolute Gasteiger partial charge is 0.313 e. The smallest absolute Gasteiger partial charge is 0.0503 e. The highest BCUT2D eigenvalue weighted by Gasteiger charge is 2.31. The summed E-state index contributed by atoms with van der Waals surface area (Å²) in [5.41, 5.74) is 0. The molecule has 4 atom stereocenters. The van der Waals surface area contributed by atoms with Gasteiger partial charge in [-0.1, -0.05) is 20.8 Å². The average Bonchev–Trinajstić information content (AvgIpc) is 2.21. The second-order valence-corrected chi connectivity index (χ2v) is 6.48. The summed E-state index contributed by atoms with van der Waals surface area (Å²) >= 11 is 0. The molecule has 3 heteroatoms. The van der Waals surface area contributed by atoms with E-state index in [0.29, 0.717) is 11.3 Å². The molecule has 1 saturated carbocycles. The molecule has 1 aliphatic carbocycles. The Kier molecular flexibility index (Phi) is 5.83. The predicted octanol–water partition coefficient (Wildman–Crippen LogP) is 2.31. The van der Waals surface area contributed by atoms with E-state index in [1.165, 1.54) is 12.8 Å². The first-order valence-electron chi connectivity index (χ1n) is 6.29. The van der Waals surface area contributed by atoms with E-state index in [-0.39, 0.29) is 0 Å². The fourth-order valence-electron chi connectivity index (χ4n) is 2.47. The maximum atomic E-state index is 12.1. The SMILES string of the molecule is CCCS(=O)C1CC(C)CCC1NCC. The van der Waals surface area contributed by atoms with Crippen LogP contribution >= 0.6 is 0 Å². The minimum absolute atomic E-state index is 0.397. The lowest BCUT2D eigenvalue weighted by Crippen LogP contribution is -2.46. The summed E-state index contributed by atoms with van der Waals surface area (Å²) in [7, 11) is -0.621. The topological polar surface area (TPSA) is 29.1 Å². The summed E-state index contributed by atoms with van der Waals surface area (Å²) in [6.45, 7) is 7.54. The molecular formula is C12H25NOS. The first kappa shape index (κ1) is 13.2. The summed E-state index contributed by atoms with van der Waals surface area (Å²) in [6.07, 6.45) is 4.67. The molecule has 1 aliphatic rings. The van der Waals surface area contributed by atoms with Gasteiger partial charge in [-0.05, 0) is 38.1 Å². The highest BCUT2D eigenvalue weighted by molar-refractivity contribution is 7.85. The van der Waals surface area contributed by atoms with Gasteiger partial charge in [0.2, 0.25) is 0 Å². The van der Waals surface area contributed by atoms with Gasteiger partial charge in [0.1, 0.15) is 0 Å². The Balaban J connectivity index is 2.56. The van der Waals surface area contributed by atoms with E-state index in [1.54, 1.807) is 0 Å². The van der Waals surface area contributed by atoms with Crippen LogP contribution in [0.25, 0.3) is 0 Å². The summed E-state index contributed by atoms with van der Waals surface area (Å²) in [4.78, 5) is 0. The molecule has 1 rings (SSSR count). The van der Waals surface area contributed by atoms with Crippen molar-refractivity contribution in [1.82, 2.24) is 5.32 Å². The number of nitrogens with one attached hydrogen (secondary N) is 1. The van der Waals surface area contributed by atoms with Gasteiger partial charge in [0.15, 0.2) is 0 Å². The van der Waals surface area contributed by atoms with Gasteiger partial charge in [-0.15, -0.1) is 0 Å². The van der Waals surface area contributed by atoms with Crippen LogP contribution in [0.2, 0.25) is 0 Å². The zero-order chi connectivity index (χ0) is 11.3. The summed E-state index contributed by atoms with van der Waals surface area (Å²) < 4.78 is 12.1. The van der Waals surface area contributed by atoms with Crippen molar-refractivity contribution in [3.05, 3.63) is 0 Å². The van der Waals surface area contributed by atoms with Gasteiger partial charge in [0, 0.05) is 22.6 Å². The van der Waals surface area contributed by atoms with Crippen molar-refractivity contribution in [1.29, 1.82) is 0 Å². The highest BCUT2D eigenvalue weighted by Crippen LogP contribution is 2.27. The van der Waals surface area contributed by atoms with Gasteiger partial charge in [-0.3, -0.25) is 4.21 Å². The molecule has 0 aromatic carbocycles. The second kappa shape index (κ2) is 6.64. The van der Waals surface area contributed by atoms with Crippen LogP contribution in [0.15, 0.2) is 0 Å². The third-order valence-corrected chi connectivity index (χ3v) is 5.27. The van der Waals surface area contributed by atoms with Crippen molar-refractivity contribution in [2.45, 2.75) is 57.7 Å². The molecule has 15 heavy (non-hydrogen) atoms. The molecule has 0 aliphatic heterocycles. The minimum Gasteiger partial charge on any atom is -0.313 e. The molecule has 0 bridgehead atoms. The zero-order valence-corrected chi connectivity index (χ0v) is 11.1. The van der Waals surface area contributed by atoms with Crippen LogP contribution in [-0.2, 0) is 10.8 Å². The van der Waals surface area contributed by atoms with E-state index in [4.69, 9.17) is 0 Å². The maximum absolute atomic E-state index is 12.1. The van der Waals surface area contributed by atoms with E-state index in [1.807, 2.05) is 0 Å². The van der Waals surface area contributed by atoms with E-state index in [0.717, 1.165) is 31.1 Å². The molecule has 0 amide bonds. The number of hydrogen-bond donors (Lipinski definition) is 1. The van der Waals surface area contributed by atoms with Crippen LogP contribution in [0.5, 0.6) is 0 Å². The van der Waals surface area contributed by atoms with Crippen molar-refractivity contribution in [2.75, 3.05) is 12.3 Å². The molecule has 0 saturated heterocycles.